The van der Waals surface area contributed by atoms with Crippen LogP contribution in [0.4, 0.5) is 4.79 Å². The molecule has 27 heavy (non-hydrogen) atoms. The van der Waals surface area contributed by atoms with Gasteiger partial charge < -0.3 is 25.2 Å². The quantitative estimate of drug-likeness (QED) is 0.490. The molecule has 3 N–H and O–H groups in total. The first kappa shape index (κ1) is 23.4. The molecule has 154 valence electrons. The van der Waals surface area contributed by atoms with Gasteiger partial charge in [-0.2, -0.15) is 0 Å². The maximum absolute atomic E-state index is 12.4. The average molecular weight is 381 g/mol. The highest BCUT2D eigenvalue weighted by Gasteiger charge is 2.24. The van der Waals surface area contributed by atoms with Crippen LogP contribution in [0, 0.1) is 0 Å². The Hall–Kier alpha value is -1.63. The van der Waals surface area contributed by atoms with Crippen LogP contribution in [0.1, 0.15) is 46.1 Å². The topological polar surface area (TPSA) is 79.8 Å². The van der Waals surface area contributed by atoms with Gasteiger partial charge in [0.25, 0.3) is 0 Å². The first-order valence-corrected chi connectivity index (χ1v) is 9.96. The standard InChI is InChI=1S/C21H36N2O4/c1-5-10-18(15-26-6-2)27-21(25)23-19(20(24)14-22-16(3)4)13-17-11-8-7-9-12-17/h7-9,11-12,16,18-20,22,24H,5-6,10,13-15H2,1-4H3,(H,23,25)/t18-,19+,20-/m1/s1. The molecule has 0 aliphatic rings. The molecule has 0 saturated carbocycles. The van der Waals surface area contributed by atoms with E-state index in [9.17, 15) is 9.90 Å². The summed E-state index contributed by atoms with van der Waals surface area (Å²) in [5, 5.41) is 16.6. The fraction of sp³-hybridized carbons (Fsp3) is 0.667. The summed E-state index contributed by atoms with van der Waals surface area (Å²) in [6.07, 6.45) is 0.654. The first-order chi connectivity index (χ1) is 13.0. The van der Waals surface area contributed by atoms with Gasteiger partial charge in [0.05, 0.1) is 18.8 Å². The second kappa shape index (κ2) is 13.5. The van der Waals surface area contributed by atoms with E-state index in [-0.39, 0.29) is 12.1 Å². The van der Waals surface area contributed by atoms with Crippen LogP contribution >= 0.6 is 0 Å². The van der Waals surface area contributed by atoms with Crippen molar-refractivity contribution in [1.29, 1.82) is 0 Å². The van der Waals surface area contributed by atoms with Gasteiger partial charge in [0.2, 0.25) is 0 Å². The zero-order chi connectivity index (χ0) is 20.1. The molecule has 1 aromatic carbocycles. The number of aliphatic hydroxyl groups is 1. The summed E-state index contributed by atoms with van der Waals surface area (Å²) in [5.74, 6) is 0. The first-order valence-electron chi connectivity index (χ1n) is 9.96. The molecule has 0 aliphatic heterocycles. The zero-order valence-electron chi connectivity index (χ0n) is 17.1. The lowest BCUT2D eigenvalue weighted by Gasteiger charge is -2.26. The third-order valence-corrected chi connectivity index (χ3v) is 4.19. The number of hydrogen-bond donors (Lipinski definition) is 3. The van der Waals surface area contributed by atoms with E-state index < -0.39 is 18.2 Å². The van der Waals surface area contributed by atoms with E-state index in [4.69, 9.17) is 9.47 Å². The van der Waals surface area contributed by atoms with E-state index in [2.05, 4.69) is 10.6 Å². The molecular formula is C21H36N2O4. The molecule has 0 unspecified atom stereocenters. The third-order valence-electron chi connectivity index (χ3n) is 4.19. The van der Waals surface area contributed by atoms with E-state index >= 15 is 0 Å². The molecule has 6 heteroatoms. The highest BCUT2D eigenvalue weighted by Crippen LogP contribution is 2.09. The maximum Gasteiger partial charge on any atom is 0.407 e. The van der Waals surface area contributed by atoms with Gasteiger partial charge in [-0.15, -0.1) is 0 Å². The van der Waals surface area contributed by atoms with E-state index in [1.807, 2.05) is 58.0 Å². The van der Waals surface area contributed by atoms with Crippen molar-refractivity contribution >= 4 is 6.09 Å². The minimum atomic E-state index is -0.725. The van der Waals surface area contributed by atoms with Gasteiger partial charge in [-0.1, -0.05) is 57.5 Å². The Morgan fingerprint density at radius 3 is 2.48 bits per heavy atom. The Morgan fingerprint density at radius 1 is 1.19 bits per heavy atom. The van der Waals surface area contributed by atoms with Gasteiger partial charge in [-0.05, 0) is 25.3 Å². The highest BCUT2D eigenvalue weighted by atomic mass is 16.6. The molecule has 3 atom stereocenters. The molecule has 0 fully saturated rings. The summed E-state index contributed by atoms with van der Waals surface area (Å²) in [6, 6.07) is 9.62. The van der Waals surface area contributed by atoms with Crippen LogP contribution in [0.2, 0.25) is 0 Å². The molecule has 0 spiro atoms. The number of ether oxygens (including phenoxy) is 2. The Labute approximate surface area is 163 Å². The Bertz CT molecular complexity index is 510. The van der Waals surface area contributed by atoms with E-state index in [1.54, 1.807) is 0 Å². The van der Waals surface area contributed by atoms with Gasteiger partial charge in [-0.25, -0.2) is 4.79 Å². The number of carbonyl (C=O) groups is 1. The monoisotopic (exact) mass is 380 g/mol. The Morgan fingerprint density at radius 2 is 1.89 bits per heavy atom. The Balaban J connectivity index is 2.71. The summed E-state index contributed by atoms with van der Waals surface area (Å²) in [7, 11) is 0. The van der Waals surface area contributed by atoms with Crippen molar-refractivity contribution in [3.8, 4) is 0 Å². The smallest absolute Gasteiger partial charge is 0.407 e. The van der Waals surface area contributed by atoms with Gasteiger partial charge in [-0.3, -0.25) is 0 Å². The molecule has 6 nitrogen and oxygen atoms in total. The fourth-order valence-corrected chi connectivity index (χ4v) is 2.73. The van der Waals surface area contributed by atoms with Crippen LogP contribution in [0.15, 0.2) is 30.3 Å². The number of amides is 1. The predicted molar refractivity (Wildman–Crippen MR) is 108 cm³/mol. The van der Waals surface area contributed by atoms with Crippen LogP contribution in [0.25, 0.3) is 0 Å². The summed E-state index contributed by atoms with van der Waals surface area (Å²) < 4.78 is 10.9. The largest absolute Gasteiger partial charge is 0.444 e. The lowest BCUT2D eigenvalue weighted by atomic mass is 10.0. The van der Waals surface area contributed by atoms with Gasteiger partial charge in [0.15, 0.2) is 0 Å². The normalized spacial score (nSPS) is 14.6. The minimum Gasteiger partial charge on any atom is -0.444 e. The number of hydrogen-bond acceptors (Lipinski definition) is 5. The van der Waals surface area contributed by atoms with Gasteiger partial charge in [0, 0.05) is 19.2 Å². The van der Waals surface area contributed by atoms with Crippen LogP contribution in [-0.2, 0) is 15.9 Å². The molecule has 1 rings (SSSR count). The average Bonchev–Trinajstić information content (AvgIpc) is 2.64. The maximum atomic E-state index is 12.4. The highest BCUT2D eigenvalue weighted by molar-refractivity contribution is 5.68. The van der Waals surface area contributed by atoms with Crippen molar-refractivity contribution in [3.05, 3.63) is 35.9 Å². The summed E-state index contributed by atoms with van der Waals surface area (Å²) in [6.45, 7) is 9.36. The number of benzene rings is 1. The minimum absolute atomic E-state index is 0.254. The van der Waals surface area contributed by atoms with Crippen molar-refractivity contribution < 1.29 is 19.4 Å². The number of carbonyl (C=O) groups excluding carboxylic acids is 1. The fourth-order valence-electron chi connectivity index (χ4n) is 2.73. The number of nitrogens with one attached hydrogen (secondary N) is 2. The molecule has 0 heterocycles. The SMILES string of the molecule is CCC[C@H](COCC)OC(=O)N[C@@H](Cc1ccccc1)[C@H](O)CNC(C)C. The molecule has 0 aliphatic carbocycles. The van der Waals surface area contributed by atoms with Gasteiger partial charge >= 0.3 is 6.09 Å². The van der Waals surface area contributed by atoms with Gasteiger partial charge in [0.1, 0.15) is 6.10 Å². The van der Waals surface area contributed by atoms with Crippen LogP contribution in [-0.4, -0.2) is 55.2 Å². The summed E-state index contributed by atoms with van der Waals surface area (Å²) in [5.41, 5.74) is 1.05. The van der Waals surface area contributed by atoms with Crippen molar-refractivity contribution in [2.45, 2.75) is 71.2 Å². The lowest BCUT2D eigenvalue weighted by Crippen LogP contribution is -2.50. The number of rotatable bonds is 13. The predicted octanol–water partition coefficient (Wildman–Crippen LogP) is 2.89. The Kier molecular flexibility index (Phi) is 11.7. The molecular weight excluding hydrogens is 344 g/mol. The second-order valence-corrected chi connectivity index (χ2v) is 7.05. The lowest BCUT2D eigenvalue weighted by molar-refractivity contribution is 0.0154. The van der Waals surface area contributed by atoms with Crippen molar-refractivity contribution in [1.82, 2.24) is 10.6 Å². The van der Waals surface area contributed by atoms with Crippen LogP contribution < -0.4 is 10.6 Å². The van der Waals surface area contributed by atoms with Crippen molar-refractivity contribution in [2.24, 2.45) is 0 Å². The second-order valence-electron chi connectivity index (χ2n) is 7.05. The molecule has 0 bridgehead atoms. The van der Waals surface area contributed by atoms with E-state index in [1.165, 1.54) is 0 Å². The number of aliphatic hydroxyl groups excluding tert-OH is 1. The molecule has 1 aromatic rings. The van der Waals surface area contributed by atoms with Crippen molar-refractivity contribution in [3.63, 3.8) is 0 Å². The van der Waals surface area contributed by atoms with E-state index in [0.29, 0.717) is 26.2 Å². The van der Waals surface area contributed by atoms with Crippen LogP contribution in [0.3, 0.4) is 0 Å². The summed E-state index contributed by atoms with van der Waals surface area (Å²) >= 11 is 0. The van der Waals surface area contributed by atoms with E-state index in [0.717, 1.165) is 18.4 Å². The molecule has 1 amide bonds. The molecule has 0 radical (unpaired) electrons. The molecule has 0 aromatic heterocycles. The third kappa shape index (κ3) is 10.3. The van der Waals surface area contributed by atoms with Crippen LogP contribution in [0.5, 0.6) is 0 Å². The van der Waals surface area contributed by atoms with Crippen molar-refractivity contribution in [2.75, 3.05) is 19.8 Å². The molecule has 0 saturated heterocycles. The zero-order valence-corrected chi connectivity index (χ0v) is 17.1. The summed E-state index contributed by atoms with van der Waals surface area (Å²) in [4.78, 5) is 12.4. The number of alkyl carbamates (subject to hydrolysis) is 1.